The molecule has 1 aromatic carbocycles. The quantitative estimate of drug-likeness (QED) is 0.794. The van der Waals surface area contributed by atoms with Gasteiger partial charge in [0.2, 0.25) is 0 Å². The molecule has 0 spiro atoms. The van der Waals surface area contributed by atoms with Crippen LogP contribution in [0.5, 0.6) is 0 Å². The Morgan fingerprint density at radius 3 is 2.65 bits per heavy atom. The highest BCUT2D eigenvalue weighted by Gasteiger charge is 2.15. The Bertz CT molecular complexity index is 660. The molecule has 1 atom stereocenters. The molecule has 0 radical (unpaired) electrons. The third-order valence-electron chi connectivity index (χ3n) is 3.62. The normalized spacial score (nSPS) is 13.3. The number of aromatic amines is 1. The number of aromatic nitrogens is 2. The van der Waals surface area contributed by atoms with E-state index in [0.29, 0.717) is 9.24 Å². The van der Waals surface area contributed by atoms with Gasteiger partial charge >= 0.3 is 0 Å². The van der Waals surface area contributed by atoms with Crippen LogP contribution in [-0.4, -0.2) is 34.1 Å². The minimum Gasteiger partial charge on any atom is -0.330 e. The van der Waals surface area contributed by atoms with Crippen LogP contribution < -0.4 is 0 Å². The van der Waals surface area contributed by atoms with Gasteiger partial charge in [-0.05, 0) is 54.2 Å². The molecular weight excluding hydrogens is 341 g/mol. The van der Waals surface area contributed by atoms with Crippen molar-refractivity contribution in [3.05, 3.63) is 27.2 Å². The lowest BCUT2D eigenvalue weighted by molar-refractivity contribution is 0.262. The zero-order valence-corrected chi connectivity index (χ0v) is 14.3. The molecule has 0 aliphatic heterocycles. The average Bonchev–Trinajstić information content (AvgIpc) is 2.71. The molecule has 110 valence electrons. The van der Waals surface area contributed by atoms with Gasteiger partial charge in [-0.15, -0.1) is 0 Å². The highest BCUT2D eigenvalue weighted by atomic mass is 79.9. The maximum absolute atomic E-state index is 13.6. The molecule has 0 aliphatic carbocycles. The molecule has 2 aromatic rings. The largest absolute Gasteiger partial charge is 0.330 e. The lowest BCUT2D eigenvalue weighted by Gasteiger charge is -2.24. The van der Waals surface area contributed by atoms with Gasteiger partial charge in [-0.3, -0.25) is 0 Å². The smallest absolute Gasteiger partial charge is 0.178 e. The Morgan fingerprint density at radius 1 is 1.40 bits per heavy atom. The Morgan fingerprint density at radius 2 is 2.05 bits per heavy atom. The number of halogens is 2. The Kier molecular flexibility index (Phi) is 4.99. The molecule has 0 aliphatic rings. The molecule has 2 rings (SSSR count). The van der Waals surface area contributed by atoms with E-state index in [-0.39, 0.29) is 11.9 Å². The first kappa shape index (κ1) is 15.7. The number of imidazole rings is 1. The molecule has 3 nitrogen and oxygen atoms in total. The van der Waals surface area contributed by atoms with Crippen molar-refractivity contribution in [2.75, 3.05) is 19.6 Å². The maximum atomic E-state index is 13.6. The molecule has 0 saturated heterocycles. The van der Waals surface area contributed by atoms with Crippen molar-refractivity contribution in [3.8, 4) is 0 Å². The molecule has 1 unspecified atom stereocenters. The summed E-state index contributed by atoms with van der Waals surface area (Å²) >= 11 is 8.63. The maximum Gasteiger partial charge on any atom is 0.178 e. The molecule has 0 bridgehead atoms. The Hall–Kier alpha value is -0.720. The molecule has 0 saturated carbocycles. The molecule has 1 aromatic heterocycles. The van der Waals surface area contributed by atoms with Crippen molar-refractivity contribution in [3.63, 3.8) is 0 Å². The SMILES string of the molecule is CCN(CC)CC(C)n1c(=S)[nH]c2cc(F)c(Br)cc21. The average molecular weight is 360 g/mol. The van der Waals surface area contributed by atoms with Crippen LogP contribution in [0, 0.1) is 10.6 Å². The van der Waals surface area contributed by atoms with Gasteiger partial charge < -0.3 is 14.5 Å². The van der Waals surface area contributed by atoms with Gasteiger partial charge in [0.25, 0.3) is 0 Å². The molecule has 1 N–H and O–H groups in total. The fourth-order valence-corrected chi connectivity index (χ4v) is 3.21. The fraction of sp³-hybridized carbons (Fsp3) is 0.500. The molecule has 20 heavy (non-hydrogen) atoms. The summed E-state index contributed by atoms with van der Waals surface area (Å²) in [5.74, 6) is -0.280. The van der Waals surface area contributed by atoms with Crippen LogP contribution in [0.25, 0.3) is 11.0 Å². The predicted molar refractivity (Wildman–Crippen MR) is 87.3 cm³/mol. The molecule has 6 heteroatoms. The van der Waals surface area contributed by atoms with E-state index in [1.165, 1.54) is 6.07 Å². The van der Waals surface area contributed by atoms with Crippen molar-refractivity contribution in [2.45, 2.75) is 26.8 Å². The second-order valence-corrected chi connectivity index (χ2v) is 6.16. The van der Waals surface area contributed by atoms with Crippen molar-refractivity contribution in [2.24, 2.45) is 0 Å². The third kappa shape index (κ3) is 2.97. The number of benzene rings is 1. The lowest BCUT2D eigenvalue weighted by Crippen LogP contribution is -2.29. The second-order valence-electron chi connectivity index (χ2n) is 4.92. The van der Waals surface area contributed by atoms with E-state index in [1.54, 1.807) is 6.07 Å². The van der Waals surface area contributed by atoms with Crippen LogP contribution in [0.2, 0.25) is 0 Å². The van der Waals surface area contributed by atoms with Crippen molar-refractivity contribution in [1.82, 2.24) is 14.5 Å². The highest BCUT2D eigenvalue weighted by molar-refractivity contribution is 9.10. The number of hydrogen-bond donors (Lipinski definition) is 1. The summed E-state index contributed by atoms with van der Waals surface area (Å²) in [6.45, 7) is 9.37. The summed E-state index contributed by atoms with van der Waals surface area (Å²) in [7, 11) is 0. The van der Waals surface area contributed by atoms with E-state index < -0.39 is 0 Å². The van der Waals surface area contributed by atoms with Gasteiger partial charge in [-0.25, -0.2) is 4.39 Å². The summed E-state index contributed by atoms with van der Waals surface area (Å²) in [6.07, 6.45) is 0. The summed E-state index contributed by atoms with van der Waals surface area (Å²) in [4.78, 5) is 5.43. The van der Waals surface area contributed by atoms with E-state index >= 15 is 0 Å². The van der Waals surface area contributed by atoms with Gasteiger partial charge in [-0.1, -0.05) is 13.8 Å². The van der Waals surface area contributed by atoms with Gasteiger partial charge in [0.1, 0.15) is 5.82 Å². The number of fused-ring (bicyclic) bond motifs is 1. The van der Waals surface area contributed by atoms with Crippen LogP contribution in [-0.2, 0) is 0 Å². The van der Waals surface area contributed by atoms with Crippen LogP contribution in [0.15, 0.2) is 16.6 Å². The van der Waals surface area contributed by atoms with E-state index in [0.717, 1.165) is 30.7 Å². The number of H-pyrrole nitrogens is 1. The number of nitrogens with zero attached hydrogens (tertiary/aromatic N) is 2. The predicted octanol–water partition coefficient (Wildman–Crippen LogP) is 4.50. The fourth-order valence-electron chi connectivity index (χ4n) is 2.50. The van der Waals surface area contributed by atoms with E-state index in [9.17, 15) is 4.39 Å². The van der Waals surface area contributed by atoms with Gasteiger partial charge in [0.05, 0.1) is 15.5 Å². The topological polar surface area (TPSA) is 24.0 Å². The molecule has 0 amide bonds. The van der Waals surface area contributed by atoms with Crippen molar-refractivity contribution in [1.29, 1.82) is 0 Å². The van der Waals surface area contributed by atoms with E-state index in [2.05, 4.69) is 51.2 Å². The highest BCUT2D eigenvalue weighted by Crippen LogP contribution is 2.25. The Balaban J connectivity index is 2.45. The molecule has 1 heterocycles. The standard InChI is InChI=1S/C14H19BrFN3S/c1-4-18(5-2)8-9(3)19-13-6-10(15)11(16)7-12(13)17-14(19)20/h6-7,9H,4-5,8H2,1-3H3,(H,17,20). The zero-order chi connectivity index (χ0) is 14.9. The number of likely N-dealkylation sites (N-methyl/N-ethyl adjacent to an activating group) is 1. The first-order valence-electron chi connectivity index (χ1n) is 6.79. The summed E-state index contributed by atoms with van der Waals surface area (Å²) in [6, 6.07) is 3.50. The minimum atomic E-state index is -0.280. The van der Waals surface area contributed by atoms with Crippen LogP contribution in [0.3, 0.4) is 0 Å². The first-order valence-corrected chi connectivity index (χ1v) is 7.99. The van der Waals surface area contributed by atoms with E-state index in [1.807, 2.05) is 0 Å². The minimum absolute atomic E-state index is 0.230. The van der Waals surface area contributed by atoms with Crippen LogP contribution in [0.1, 0.15) is 26.8 Å². The number of hydrogen-bond acceptors (Lipinski definition) is 2. The van der Waals surface area contributed by atoms with Crippen LogP contribution >= 0.6 is 28.1 Å². The van der Waals surface area contributed by atoms with Crippen molar-refractivity contribution >= 4 is 39.2 Å². The summed E-state index contributed by atoms with van der Waals surface area (Å²) in [5, 5.41) is 0. The Labute approximate surface area is 131 Å². The van der Waals surface area contributed by atoms with Crippen molar-refractivity contribution < 1.29 is 4.39 Å². The monoisotopic (exact) mass is 359 g/mol. The number of rotatable bonds is 5. The molecule has 0 fully saturated rings. The van der Waals surface area contributed by atoms with Crippen LogP contribution in [0.4, 0.5) is 4.39 Å². The summed E-state index contributed by atoms with van der Waals surface area (Å²) in [5.41, 5.74) is 1.67. The lowest BCUT2D eigenvalue weighted by atomic mass is 10.2. The first-order chi connectivity index (χ1) is 9.47. The molecular formula is C14H19BrFN3S. The van der Waals surface area contributed by atoms with Gasteiger partial charge in [0.15, 0.2) is 4.77 Å². The van der Waals surface area contributed by atoms with E-state index in [4.69, 9.17) is 12.2 Å². The second kappa shape index (κ2) is 6.37. The zero-order valence-electron chi connectivity index (χ0n) is 11.9. The van der Waals surface area contributed by atoms with Gasteiger partial charge in [-0.2, -0.15) is 0 Å². The van der Waals surface area contributed by atoms with Gasteiger partial charge in [0, 0.05) is 18.7 Å². The summed E-state index contributed by atoms with van der Waals surface area (Å²) < 4.78 is 16.8. The number of nitrogens with one attached hydrogen (secondary N) is 1. The third-order valence-corrected chi connectivity index (χ3v) is 4.52.